The molecule has 0 saturated carbocycles. The summed E-state index contributed by atoms with van der Waals surface area (Å²) in [6, 6.07) is 0. The van der Waals surface area contributed by atoms with Crippen molar-refractivity contribution in [2.45, 2.75) is 52.1 Å². The van der Waals surface area contributed by atoms with Gasteiger partial charge in [0.1, 0.15) is 0 Å². The molecule has 0 aromatic rings. The summed E-state index contributed by atoms with van der Waals surface area (Å²) in [5.74, 6) is 0.715. The van der Waals surface area contributed by atoms with Gasteiger partial charge in [0, 0.05) is 26.1 Å². The van der Waals surface area contributed by atoms with Crippen LogP contribution < -0.4 is 5.32 Å². The van der Waals surface area contributed by atoms with E-state index in [4.69, 9.17) is 0 Å². The van der Waals surface area contributed by atoms with Crippen LogP contribution in [0, 0.1) is 5.92 Å². The molecule has 0 aromatic heterocycles. The van der Waals surface area contributed by atoms with E-state index in [2.05, 4.69) is 10.2 Å². The van der Waals surface area contributed by atoms with Gasteiger partial charge in [-0.3, -0.25) is 4.79 Å². The van der Waals surface area contributed by atoms with Gasteiger partial charge in [-0.25, -0.2) is 0 Å². The van der Waals surface area contributed by atoms with Crippen LogP contribution in [0.5, 0.6) is 0 Å². The maximum absolute atomic E-state index is 11.4. The second-order valence-corrected chi connectivity index (χ2v) is 5.38. The molecule has 0 radical (unpaired) electrons. The third kappa shape index (κ3) is 5.83. The fraction of sp³-hybridized carbons (Fsp3) is 0.929. The van der Waals surface area contributed by atoms with E-state index in [1.165, 1.54) is 12.8 Å². The number of carbonyl (C=O) groups excluding carboxylic acids is 1. The highest BCUT2D eigenvalue weighted by Crippen LogP contribution is 2.16. The lowest BCUT2D eigenvalue weighted by atomic mass is 9.97. The highest BCUT2D eigenvalue weighted by Gasteiger charge is 2.21. The van der Waals surface area contributed by atoms with Gasteiger partial charge in [-0.15, -0.1) is 0 Å². The Morgan fingerprint density at radius 2 is 2.28 bits per heavy atom. The first kappa shape index (κ1) is 15.4. The van der Waals surface area contributed by atoms with Crippen molar-refractivity contribution in [2.75, 3.05) is 26.2 Å². The Bertz CT molecular complexity index is 246. The van der Waals surface area contributed by atoms with Crippen LogP contribution in [0.4, 0.5) is 0 Å². The molecular formula is C14H28N2O2. The number of rotatable bonds is 7. The number of hydrogen-bond donors (Lipinski definition) is 2. The van der Waals surface area contributed by atoms with Crippen LogP contribution >= 0.6 is 0 Å². The number of piperidine rings is 1. The first-order chi connectivity index (χ1) is 8.65. The average molecular weight is 256 g/mol. The van der Waals surface area contributed by atoms with Gasteiger partial charge >= 0.3 is 0 Å². The zero-order chi connectivity index (χ0) is 13.4. The molecule has 1 rings (SSSR count). The number of aliphatic hydroxyl groups excluding tert-OH is 1. The van der Waals surface area contributed by atoms with Crippen LogP contribution in [0.15, 0.2) is 0 Å². The maximum atomic E-state index is 11.4. The molecule has 2 unspecified atom stereocenters. The minimum absolute atomic E-state index is 0.170. The molecule has 4 nitrogen and oxygen atoms in total. The molecule has 0 aliphatic carbocycles. The summed E-state index contributed by atoms with van der Waals surface area (Å²) in [4.78, 5) is 13.8. The molecule has 1 fully saturated rings. The van der Waals surface area contributed by atoms with Gasteiger partial charge in [-0.2, -0.15) is 0 Å². The molecule has 0 aromatic carbocycles. The molecule has 2 N–H and O–H groups in total. The Kier molecular flexibility index (Phi) is 7.28. The third-order valence-corrected chi connectivity index (χ3v) is 3.61. The Hall–Kier alpha value is -0.610. The van der Waals surface area contributed by atoms with Crippen LogP contribution in [0.25, 0.3) is 0 Å². The SMILES string of the molecule is CCCC(=O)NCC1CCCN(CC(O)CC)C1. The van der Waals surface area contributed by atoms with Crippen molar-refractivity contribution in [3.63, 3.8) is 0 Å². The highest BCUT2D eigenvalue weighted by molar-refractivity contribution is 5.75. The zero-order valence-corrected chi connectivity index (χ0v) is 11.8. The second-order valence-electron chi connectivity index (χ2n) is 5.38. The molecule has 1 aliphatic heterocycles. The first-order valence-corrected chi connectivity index (χ1v) is 7.32. The van der Waals surface area contributed by atoms with Crippen molar-refractivity contribution in [3.05, 3.63) is 0 Å². The Balaban J connectivity index is 2.24. The van der Waals surface area contributed by atoms with Gasteiger partial charge in [0.15, 0.2) is 0 Å². The van der Waals surface area contributed by atoms with Crippen molar-refractivity contribution < 1.29 is 9.90 Å². The number of aliphatic hydroxyl groups is 1. The first-order valence-electron chi connectivity index (χ1n) is 7.32. The van der Waals surface area contributed by atoms with Crippen molar-refractivity contribution in [3.8, 4) is 0 Å². The molecule has 0 bridgehead atoms. The fourth-order valence-corrected chi connectivity index (χ4v) is 2.48. The molecule has 1 saturated heterocycles. The molecule has 0 spiro atoms. The van der Waals surface area contributed by atoms with Gasteiger partial charge in [-0.1, -0.05) is 13.8 Å². The van der Waals surface area contributed by atoms with Crippen molar-refractivity contribution in [1.29, 1.82) is 0 Å². The van der Waals surface area contributed by atoms with Gasteiger partial charge in [0.05, 0.1) is 6.10 Å². The van der Waals surface area contributed by atoms with Crippen LogP contribution in [-0.2, 0) is 4.79 Å². The second kappa shape index (κ2) is 8.48. The summed E-state index contributed by atoms with van der Waals surface area (Å²) in [7, 11) is 0. The van der Waals surface area contributed by atoms with Crippen LogP contribution in [-0.4, -0.2) is 48.2 Å². The maximum Gasteiger partial charge on any atom is 0.219 e. The Labute approximate surface area is 111 Å². The number of β-amino-alcohol motifs (C(OH)–C–C–N with tert-alkyl or cyclic N) is 1. The van der Waals surface area contributed by atoms with Crippen LogP contribution in [0.3, 0.4) is 0 Å². The van der Waals surface area contributed by atoms with Crippen molar-refractivity contribution >= 4 is 5.91 Å². The van der Waals surface area contributed by atoms with Crippen molar-refractivity contribution in [1.82, 2.24) is 10.2 Å². The number of amides is 1. The number of nitrogens with zero attached hydrogens (tertiary/aromatic N) is 1. The quantitative estimate of drug-likeness (QED) is 0.723. The summed E-state index contributed by atoms with van der Waals surface area (Å²) in [5.41, 5.74) is 0. The smallest absolute Gasteiger partial charge is 0.219 e. The van der Waals surface area contributed by atoms with E-state index in [1.807, 2.05) is 13.8 Å². The van der Waals surface area contributed by atoms with E-state index >= 15 is 0 Å². The standard InChI is InChI=1S/C14H28N2O2/c1-3-6-14(18)15-9-12-7-5-8-16(10-12)11-13(17)4-2/h12-13,17H,3-11H2,1-2H3,(H,15,18). The summed E-state index contributed by atoms with van der Waals surface area (Å²) >= 11 is 0. The Morgan fingerprint density at radius 1 is 1.50 bits per heavy atom. The van der Waals surface area contributed by atoms with Gasteiger partial charge < -0.3 is 15.3 Å². The zero-order valence-electron chi connectivity index (χ0n) is 11.8. The van der Waals surface area contributed by atoms with E-state index in [0.29, 0.717) is 12.3 Å². The monoisotopic (exact) mass is 256 g/mol. The van der Waals surface area contributed by atoms with Gasteiger partial charge in [-0.05, 0) is 38.1 Å². The predicted molar refractivity (Wildman–Crippen MR) is 73.4 cm³/mol. The van der Waals surface area contributed by atoms with E-state index in [9.17, 15) is 9.90 Å². The third-order valence-electron chi connectivity index (χ3n) is 3.61. The molecule has 106 valence electrons. The van der Waals surface area contributed by atoms with E-state index in [0.717, 1.165) is 39.0 Å². The highest BCUT2D eigenvalue weighted by atomic mass is 16.3. The molecule has 4 heteroatoms. The minimum Gasteiger partial charge on any atom is -0.392 e. The molecule has 1 aliphatic rings. The normalized spacial score (nSPS) is 22.7. The number of likely N-dealkylation sites (tertiary alicyclic amines) is 1. The fourth-order valence-electron chi connectivity index (χ4n) is 2.48. The largest absolute Gasteiger partial charge is 0.392 e. The predicted octanol–water partition coefficient (Wildman–Crippen LogP) is 1.39. The molecular weight excluding hydrogens is 228 g/mol. The van der Waals surface area contributed by atoms with Crippen molar-refractivity contribution in [2.24, 2.45) is 5.92 Å². The summed E-state index contributed by atoms with van der Waals surface area (Å²) in [6.07, 6.45) is 4.50. The lowest BCUT2D eigenvalue weighted by Crippen LogP contribution is -2.43. The summed E-state index contributed by atoms with van der Waals surface area (Å²) in [5, 5.41) is 12.7. The Morgan fingerprint density at radius 3 is 2.94 bits per heavy atom. The van der Waals surface area contributed by atoms with Gasteiger partial charge in [0.25, 0.3) is 0 Å². The summed E-state index contributed by atoms with van der Waals surface area (Å²) < 4.78 is 0. The lowest BCUT2D eigenvalue weighted by molar-refractivity contribution is -0.121. The molecule has 2 atom stereocenters. The van der Waals surface area contributed by atoms with E-state index < -0.39 is 0 Å². The summed E-state index contributed by atoms with van der Waals surface area (Å²) in [6.45, 7) is 7.68. The lowest BCUT2D eigenvalue weighted by Gasteiger charge is -2.33. The van der Waals surface area contributed by atoms with Gasteiger partial charge in [0.2, 0.25) is 5.91 Å². The molecule has 18 heavy (non-hydrogen) atoms. The number of nitrogens with one attached hydrogen (secondary N) is 1. The van der Waals surface area contributed by atoms with E-state index in [-0.39, 0.29) is 12.0 Å². The molecule has 1 heterocycles. The van der Waals surface area contributed by atoms with Crippen LogP contribution in [0.2, 0.25) is 0 Å². The average Bonchev–Trinajstić information content (AvgIpc) is 2.37. The van der Waals surface area contributed by atoms with E-state index in [1.54, 1.807) is 0 Å². The minimum atomic E-state index is -0.210. The van der Waals surface area contributed by atoms with Crippen LogP contribution in [0.1, 0.15) is 46.0 Å². The molecule has 1 amide bonds. The number of carbonyl (C=O) groups is 1. The number of hydrogen-bond acceptors (Lipinski definition) is 3. The topological polar surface area (TPSA) is 52.6 Å².